The molecule has 0 fully saturated rings. The third-order valence-electron chi connectivity index (χ3n) is 2.98. The Morgan fingerprint density at radius 2 is 2.11 bits per heavy atom. The highest BCUT2D eigenvalue weighted by Crippen LogP contribution is 2.17. The van der Waals surface area contributed by atoms with Gasteiger partial charge in [-0.1, -0.05) is 13.0 Å². The van der Waals surface area contributed by atoms with Crippen LogP contribution in [0.25, 0.3) is 0 Å². The molecule has 0 unspecified atom stereocenters. The Labute approximate surface area is 107 Å². The topological polar surface area (TPSA) is 17.0 Å². The first-order valence-electron chi connectivity index (χ1n) is 6.33. The summed E-state index contributed by atoms with van der Waals surface area (Å²) in [7, 11) is 0. The molecule has 0 atom stereocenters. The molecular weight excluding hydrogens is 227 g/mol. The lowest BCUT2D eigenvalue weighted by Crippen LogP contribution is -2.01. The number of hydrogen-bond acceptors (Lipinski definition) is 1. The maximum atomic E-state index is 13.1. The minimum Gasteiger partial charge on any atom is -0.381 e. The third-order valence-corrected chi connectivity index (χ3v) is 2.98. The van der Waals surface area contributed by atoms with Gasteiger partial charge in [0.1, 0.15) is 5.82 Å². The van der Waals surface area contributed by atoms with E-state index in [4.69, 9.17) is 0 Å². The molecule has 2 aromatic rings. The second-order valence-electron chi connectivity index (χ2n) is 4.57. The van der Waals surface area contributed by atoms with Crippen LogP contribution in [0.5, 0.6) is 0 Å². The Morgan fingerprint density at radius 1 is 1.28 bits per heavy atom. The number of rotatable bonds is 5. The molecule has 0 aliphatic heterocycles. The number of nitrogens with zero attached hydrogens (tertiary/aromatic N) is 1. The second-order valence-corrected chi connectivity index (χ2v) is 4.57. The Kier molecular flexibility index (Phi) is 4.03. The molecule has 1 aromatic carbocycles. The predicted octanol–water partition coefficient (Wildman–Crippen LogP) is 3.96. The number of nitrogens with one attached hydrogen (secondary N) is 1. The lowest BCUT2D eigenvalue weighted by atomic mass is 10.2. The van der Waals surface area contributed by atoms with E-state index in [1.807, 2.05) is 6.92 Å². The van der Waals surface area contributed by atoms with Gasteiger partial charge in [-0.05, 0) is 42.7 Å². The average Bonchev–Trinajstić information content (AvgIpc) is 2.79. The van der Waals surface area contributed by atoms with Gasteiger partial charge in [0.15, 0.2) is 0 Å². The third kappa shape index (κ3) is 3.13. The number of hydrogen-bond donors (Lipinski definition) is 1. The standard InChI is InChI=1S/C15H19FN2/c1-3-7-18-8-6-13(11-18)10-17-15-9-14(16)5-4-12(15)2/h4-6,8-9,11,17H,3,7,10H2,1-2H3. The fourth-order valence-electron chi connectivity index (χ4n) is 1.97. The number of benzene rings is 1. The maximum Gasteiger partial charge on any atom is 0.125 e. The fraction of sp³-hybridized carbons (Fsp3) is 0.333. The van der Waals surface area contributed by atoms with E-state index in [1.54, 1.807) is 12.1 Å². The van der Waals surface area contributed by atoms with E-state index < -0.39 is 0 Å². The molecule has 0 bridgehead atoms. The zero-order valence-corrected chi connectivity index (χ0v) is 10.9. The summed E-state index contributed by atoms with van der Waals surface area (Å²) in [5.74, 6) is -0.202. The van der Waals surface area contributed by atoms with Crippen LogP contribution < -0.4 is 5.32 Å². The van der Waals surface area contributed by atoms with Gasteiger partial charge in [0.25, 0.3) is 0 Å². The van der Waals surface area contributed by atoms with Gasteiger partial charge in [-0.25, -0.2) is 4.39 Å². The molecule has 2 nitrogen and oxygen atoms in total. The fourth-order valence-corrected chi connectivity index (χ4v) is 1.97. The molecule has 2 rings (SSSR count). The van der Waals surface area contributed by atoms with E-state index in [1.165, 1.54) is 11.6 Å². The highest BCUT2D eigenvalue weighted by Gasteiger charge is 2.01. The van der Waals surface area contributed by atoms with Gasteiger partial charge in [-0.2, -0.15) is 0 Å². The smallest absolute Gasteiger partial charge is 0.125 e. The molecule has 1 heterocycles. The molecule has 0 amide bonds. The summed E-state index contributed by atoms with van der Waals surface area (Å²) in [5, 5.41) is 3.27. The summed E-state index contributed by atoms with van der Waals surface area (Å²) in [6.45, 7) is 5.90. The SMILES string of the molecule is CCCn1ccc(CNc2cc(F)ccc2C)c1. The van der Waals surface area contributed by atoms with E-state index in [-0.39, 0.29) is 5.82 Å². The van der Waals surface area contributed by atoms with Gasteiger partial charge in [0.2, 0.25) is 0 Å². The van der Waals surface area contributed by atoms with Gasteiger partial charge < -0.3 is 9.88 Å². The molecule has 0 aliphatic carbocycles. The van der Waals surface area contributed by atoms with Crippen LogP contribution in [0.1, 0.15) is 24.5 Å². The van der Waals surface area contributed by atoms with Crippen molar-refractivity contribution in [3.05, 3.63) is 53.6 Å². The minimum absolute atomic E-state index is 0.202. The number of halogens is 1. The van der Waals surface area contributed by atoms with Gasteiger partial charge in [0.05, 0.1) is 0 Å². The van der Waals surface area contributed by atoms with Gasteiger partial charge in [-0.3, -0.25) is 0 Å². The molecule has 0 radical (unpaired) electrons. The molecule has 0 saturated heterocycles. The summed E-state index contributed by atoms with van der Waals surface area (Å²) in [6.07, 6.45) is 5.34. The lowest BCUT2D eigenvalue weighted by molar-refractivity contribution is 0.628. The van der Waals surface area contributed by atoms with Crippen LogP contribution >= 0.6 is 0 Å². The molecule has 1 aromatic heterocycles. The van der Waals surface area contributed by atoms with Crippen LogP contribution in [0.15, 0.2) is 36.7 Å². The quantitative estimate of drug-likeness (QED) is 0.845. The molecular formula is C15H19FN2. The normalized spacial score (nSPS) is 10.6. The Morgan fingerprint density at radius 3 is 2.89 bits per heavy atom. The second kappa shape index (κ2) is 5.71. The van der Waals surface area contributed by atoms with Crippen LogP contribution in [0.4, 0.5) is 10.1 Å². The van der Waals surface area contributed by atoms with Gasteiger partial charge in [0, 0.05) is 31.2 Å². The summed E-state index contributed by atoms with van der Waals surface area (Å²) in [4.78, 5) is 0. The average molecular weight is 246 g/mol. The van der Waals surface area contributed by atoms with Crippen LogP contribution in [0.2, 0.25) is 0 Å². The monoisotopic (exact) mass is 246 g/mol. The van der Waals surface area contributed by atoms with Gasteiger partial charge in [-0.15, -0.1) is 0 Å². The maximum absolute atomic E-state index is 13.1. The van der Waals surface area contributed by atoms with E-state index in [2.05, 4.69) is 35.3 Å². The molecule has 18 heavy (non-hydrogen) atoms. The largest absolute Gasteiger partial charge is 0.381 e. The summed E-state index contributed by atoms with van der Waals surface area (Å²) in [5.41, 5.74) is 3.13. The molecule has 1 N–H and O–H groups in total. The Hall–Kier alpha value is -1.77. The zero-order chi connectivity index (χ0) is 13.0. The van der Waals surface area contributed by atoms with Crippen molar-refractivity contribution in [2.45, 2.75) is 33.4 Å². The minimum atomic E-state index is -0.202. The van der Waals surface area contributed by atoms with Crippen LogP contribution in [0.3, 0.4) is 0 Å². The van der Waals surface area contributed by atoms with Crippen molar-refractivity contribution in [1.29, 1.82) is 0 Å². The van der Waals surface area contributed by atoms with E-state index >= 15 is 0 Å². The van der Waals surface area contributed by atoms with Crippen molar-refractivity contribution in [2.24, 2.45) is 0 Å². The number of anilines is 1. The van der Waals surface area contributed by atoms with E-state index in [9.17, 15) is 4.39 Å². The number of aryl methyl sites for hydroxylation is 2. The molecule has 0 saturated carbocycles. The van der Waals surface area contributed by atoms with E-state index in [0.29, 0.717) is 0 Å². The Balaban J connectivity index is 1.99. The van der Waals surface area contributed by atoms with Crippen LogP contribution in [0, 0.1) is 12.7 Å². The van der Waals surface area contributed by atoms with Crippen molar-refractivity contribution >= 4 is 5.69 Å². The van der Waals surface area contributed by atoms with Gasteiger partial charge >= 0.3 is 0 Å². The molecule has 0 aliphatic rings. The summed E-state index contributed by atoms with van der Waals surface area (Å²) >= 11 is 0. The Bertz CT molecular complexity index is 517. The first-order valence-corrected chi connectivity index (χ1v) is 6.33. The highest BCUT2D eigenvalue weighted by molar-refractivity contribution is 5.50. The predicted molar refractivity (Wildman–Crippen MR) is 73.2 cm³/mol. The van der Waals surface area contributed by atoms with E-state index in [0.717, 1.165) is 30.8 Å². The van der Waals surface area contributed by atoms with Crippen molar-refractivity contribution in [1.82, 2.24) is 4.57 Å². The summed E-state index contributed by atoms with van der Waals surface area (Å²) < 4.78 is 15.3. The molecule has 3 heteroatoms. The van der Waals surface area contributed by atoms with Crippen molar-refractivity contribution in [3.63, 3.8) is 0 Å². The van der Waals surface area contributed by atoms with Crippen molar-refractivity contribution in [2.75, 3.05) is 5.32 Å². The first-order chi connectivity index (χ1) is 8.69. The van der Waals surface area contributed by atoms with Crippen molar-refractivity contribution < 1.29 is 4.39 Å². The summed E-state index contributed by atoms with van der Waals surface area (Å²) in [6, 6.07) is 6.91. The zero-order valence-electron chi connectivity index (χ0n) is 10.9. The molecule has 0 spiro atoms. The van der Waals surface area contributed by atoms with Crippen LogP contribution in [-0.2, 0) is 13.1 Å². The first kappa shape index (κ1) is 12.7. The lowest BCUT2D eigenvalue weighted by Gasteiger charge is -2.08. The highest BCUT2D eigenvalue weighted by atomic mass is 19.1. The van der Waals surface area contributed by atoms with Crippen LogP contribution in [-0.4, -0.2) is 4.57 Å². The van der Waals surface area contributed by atoms with Crippen molar-refractivity contribution in [3.8, 4) is 0 Å². The number of aromatic nitrogens is 1. The molecule has 96 valence electrons.